The molecule has 3 aromatic carbocycles. The van der Waals surface area contributed by atoms with E-state index < -0.39 is 36.1 Å². The maximum atomic E-state index is 14.1. The van der Waals surface area contributed by atoms with Crippen molar-refractivity contribution in [3.05, 3.63) is 106 Å². The number of fused-ring (bicyclic) bond motifs is 1. The smallest absolute Gasteiger partial charge is 0.416 e. The molecule has 1 amide bonds. The Bertz CT molecular complexity index is 1590. The Morgan fingerprint density at radius 1 is 0.860 bits per heavy atom. The summed E-state index contributed by atoms with van der Waals surface area (Å²) in [6.45, 7) is 6.38. The van der Waals surface area contributed by atoms with Crippen molar-refractivity contribution in [3.8, 4) is 0 Å². The number of Topliss-reactive ketones (excluding diaryl/α,β-unsaturated/α-hetero) is 1. The maximum absolute atomic E-state index is 14.1. The van der Waals surface area contributed by atoms with Crippen molar-refractivity contribution in [2.75, 3.05) is 10.2 Å². The lowest BCUT2D eigenvalue weighted by Crippen LogP contribution is -2.38. The van der Waals surface area contributed by atoms with E-state index in [9.17, 15) is 32.7 Å². The van der Waals surface area contributed by atoms with E-state index in [1.54, 1.807) is 24.3 Å². The molecule has 224 valence electrons. The number of anilines is 2. The van der Waals surface area contributed by atoms with E-state index >= 15 is 0 Å². The quantitative estimate of drug-likeness (QED) is 0.317. The molecule has 0 fully saturated rings. The zero-order valence-electron chi connectivity index (χ0n) is 24.2. The minimum absolute atomic E-state index is 0.0331. The number of halogens is 3. The molecule has 2 aliphatic rings. The first-order valence-electron chi connectivity index (χ1n) is 14.2. The summed E-state index contributed by atoms with van der Waals surface area (Å²) in [6, 6.07) is 18.5. The van der Waals surface area contributed by atoms with Gasteiger partial charge in [-0.1, -0.05) is 69.3 Å². The second-order valence-electron chi connectivity index (χ2n) is 12.1. The van der Waals surface area contributed by atoms with Gasteiger partial charge in [0, 0.05) is 24.1 Å². The number of carboxylic acids is 1. The minimum Gasteiger partial charge on any atom is -0.481 e. The first-order chi connectivity index (χ1) is 20.2. The minimum atomic E-state index is -4.56. The maximum Gasteiger partial charge on any atom is 0.416 e. The number of carbonyl (C=O) groups is 3. The van der Waals surface area contributed by atoms with Gasteiger partial charge in [0.1, 0.15) is 0 Å². The lowest BCUT2D eigenvalue weighted by atomic mass is 9.77. The van der Waals surface area contributed by atoms with Crippen molar-refractivity contribution in [2.24, 2.45) is 0 Å². The molecule has 5 rings (SSSR count). The largest absolute Gasteiger partial charge is 0.481 e. The summed E-state index contributed by atoms with van der Waals surface area (Å²) < 4.78 is 40.3. The molecule has 6 nitrogen and oxygen atoms in total. The van der Waals surface area contributed by atoms with Crippen LogP contribution < -0.4 is 10.2 Å². The van der Waals surface area contributed by atoms with Gasteiger partial charge in [-0.25, -0.2) is 0 Å². The highest BCUT2D eigenvalue weighted by Gasteiger charge is 2.42. The van der Waals surface area contributed by atoms with Crippen molar-refractivity contribution in [1.82, 2.24) is 0 Å². The van der Waals surface area contributed by atoms with E-state index in [0.29, 0.717) is 34.6 Å². The molecule has 0 saturated carbocycles. The van der Waals surface area contributed by atoms with Crippen LogP contribution in [0.2, 0.25) is 0 Å². The van der Waals surface area contributed by atoms with Gasteiger partial charge in [-0.05, 0) is 58.7 Å². The number of amides is 1. The molecule has 1 heterocycles. The SMILES string of the molecule is CC(C)(C)c1ccc([C@@H]2CC(=O)C3=C(C2)Nc2ccccc2N(C(=O)CCC(=O)O)[C@H]3c2ccc(C(F)(F)F)cc2)cc1. The fourth-order valence-electron chi connectivity index (χ4n) is 5.86. The molecule has 0 bridgehead atoms. The summed E-state index contributed by atoms with van der Waals surface area (Å²) in [5.74, 6) is -2.09. The second kappa shape index (κ2) is 11.4. The number of carboxylic acid groups (broad SMARTS) is 1. The van der Waals surface area contributed by atoms with E-state index in [4.69, 9.17) is 0 Å². The summed E-state index contributed by atoms with van der Waals surface area (Å²) in [5, 5.41) is 12.7. The topological polar surface area (TPSA) is 86.7 Å². The molecule has 2 atom stereocenters. The number of alkyl halides is 3. The first kappa shape index (κ1) is 30.1. The first-order valence-corrected chi connectivity index (χ1v) is 14.2. The van der Waals surface area contributed by atoms with E-state index in [1.165, 1.54) is 17.0 Å². The number of benzene rings is 3. The van der Waals surface area contributed by atoms with Gasteiger partial charge < -0.3 is 10.4 Å². The van der Waals surface area contributed by atoms with Crippen molar-refractivity contribution in [2.45, 2.75) is 70.0 Å². The van der Waals surface area contributed by atoms with Gasteiger partial charge in [0.2, 0.25) is 5.91 Å². The molecule has 0 radical (unpaired) electrons. The van der Waals surface area contributed by atoms with Gasteiger partial charge >= 0.3 is 12.1 Å². The number of para-hydroxylation sites is 2. The van der Waals surface area contributed by atoms with E-state index in [2.05, 4.69) is 38.2 Å². The highest BCUT2D eigenvalue weighted by molar-refractivity contribution is 6.06. The molecule has 3 aromatic rings. The van der Waals surface area contributed by atoms with Crippen LogP contribution in [-0.2, 0) is 26.0 Å². The summed E-state index contributed by atoms with van der Waals surface area (Å²) in [7, 11) is 0. The predicted molar refractivity (Wildman–Crippen MR) is 158 cm³/mol. The molecule has 0 spiro atoms. The highest BCUT2D eigenvalue weighted by atomic mass is 19.4. The molecule has 1 aliphatic heterocycles. The molecule has 0 unspecified atom stereocenters. The Morgan fingerprint density at radius 2 is 1.47 bits per heavy atom. The zero-order valence-corrected chi connectivity index (χ0v) is 24.2. The average Bonchev–Trinajstić information content (AvgIpc) is 3.10. The van der Waals surface area contributed by atoms with Crippen LogP contribution in [0.25, 0.3) is 0 Å². The van der Waals surface area contributed by atoms with E-state index in [-0.39, 0.29) is 30.0 Å². The molecule has 43 heavy (non-hydrogen) atoms. The monoisotopic (exact) mass is 590 g/mol. The molecule has 0 saturated heterocycles. The fourth-order valence-corrected chi connectivity index (χ4v) is 5.86. The number of allylic oxidation sites excluding steroid dienone is 1. The van der Waals surface area contributed by atoms with Crippen LogP contribution in [0.1, 0.15) is 80.7 Å². The third-order valence-corrected chi connectivity index (χ3v) is 8.11. The van der Waals surface area contributed by atoms with Crippen LogP contribution in [0, 0.1) is 0 Å². The van der Waals surface area contributed by atoms with Crippen molar-refractivity contribution in [1.29, 1.82) is 0 Å². The van der Waals surface area contributed by atoms with Crippen LogP contribution >= 0.6 is 0 Å². The summed E-state index contributed by atoms with van der Waals surface area (Å²) >= 11 is 0. The molecule has 1 aliphatic carbocycles. The van der Waals surface area contributed by atoms with Gasteiger partial charge in [0.05, 0.1) is 29.4 Å². The fraction of sp³-hybridized carbons (Fsp3) is 0.324. The number of hydrogen-bond acceptors (Lipinski definition) is 4. The molecule has 0 aromatic heterocycles. The van der Waals surface area contributed by atoms with E-state index in [0.717, 1.165) is 23.3 Å². The van der Waals surface area contributed by atoms with E-state index in [1.807, 2.05) is 12.1 Å². The Morgan fingerprint density at radius 3 is 2.07 bits per heavy atom. The second-order valence-corrected chi connectivity index (χ2v) is 12.1. The Labute approximate surface area is 248 Å². The van der Waals surface area contributed by atoms with Crippen molar-refractivity contribution < 1.29 is 32.7 Å². The number of rotatable bonds is 5. The highest BCUT2D eigenvalue weighted by Crippen LogP contribution is 2.48. The van der Waals surface area contributed by atoms with Crippen LogP contribution in [0.15, 0.2) is 84.1 Å². The molecular weight excluding hydrogens is 557 g/mol. The zero-order chi connectivity index (χ0) is 31.1. The number of ketones is 1. The van der Waals surface area contributed by atoms with Gasteiger partial charge in [-0.2, -0.15) is 13.2 Å². The number of carbonyl (C=O) groups excluding carboxylic acids is 2. The molecular formula is C34H33F3N2O4. The van der Waals surface area contributed by atoms with Gasteiger partial charge in [-0.3, -0.25) is 19.3 Å². The Kier molecular flexibility index (Phi) is 7.94. The van der Waals surface area contributed by atoms with Crippen LogP contribution in [-0.4, -0.2) is 22.8 Å². The van der Waals surface area contributed by atoms with Gasteiger partial charge in [0.15, 0.2) is 5.78 Å². The molecule has 9 heteroatoms. The Balaban J connectivity index is 1.64. The summed E-state index contributed by atoms with van der Waals surface area (Å²) in [5.41, 5.74) is 3.44. The lowest BCUT2D eigenvalue weighted by Gasteiger charge is -2.35. The number of nitrogens with zero attached hydrogens (tertiary/aromatic N) is 1. The van der Waals surface area contributed by atoms with Crippen molar-refractivity contribution in [3.63, 3.8) is 0 Å². The Hall–Kier alpha value is -4.40. The third-order valence-electron chi connectivity index (χ3n) is 8.11. The lowest BCUT2D eigenvalue weighted by molar-refractivity contribution is -0.138. The number of aliphatic carboxylic acids is 1. The summed E-state index contributed by atoms with van der Waals surface area (Å²) in [4.78, 5) is 40.5. The normalized spacial score (nSPS) is 18.8. The van der Waals surface area contributed by atoms with Crippen LogP contribution in [0.3, 0.4) is 0 Å². The average molecular weight is 591 g/mol. The standard InChI is InChI=1S/C34H33F3N2O4/c1-33(2,3)23-12-8-20(9-13-23)22-18-26-31(28(40)19-22)32(21-10-14-24(15-11-21)34(35,36)37)39(29(41)16-17-30(42)43)27-7-5-4-6-25(27)38-26/h4-15,22,32,38H,16-19H2,1-3H3,(H,42,43)/t22-,32-/m0/s1. The number of hydrogen-bond donors (Lipinski definition) is 2. The van der Waals surface area contributed by atoms with Crippen LogP contribution in [0.5, 0.6) is 0 Å². The predicted octanol–water partition coefficient (Wildman–Crippen LogP) is 7.77. The summed E-state index contributed by atoms with van der Waals surface area (Å²) in [6.07, 6.45) is -4.75. The third kappa shape index (κ3) is 6.21. The van der Waals surface area contributed by atoms with Gasteiger partial charge in [-0.15, -0.1) is 0 Å². The number of nitrogens with one attached hydrogen (secondary N) is 1. The van der Waals surface area contributed by atoms with Crippen LogP contribution in [0.4, 0.5) is 24.5 Å². The molecule has 2 N–H and O–H groups in total. The van der Waals surface area contributed by atoms with Crippen molar-refractivity contribution >= 4 is 29.0 Å². The van der Waals surface area contributed by atoms with Gasteiger partial charge in [0.25, 0.3) is 0 Å².